The second-order valence-corrected chi connectivity index (χ2v) is 5.21. The van der Waals surface area contributed by atoms with Gasteiger partial charge in [-0.3, -0.25) is 0 Å². The molecule has 1 aromatic rings. The minimum atomic E-state index is 0.802. The zero-order valence-corrected chi connectivity index (χ0v) is 12.4. The molecule has 0 saturated carbocycles. The minimum Gasteiger partial charge on any atom is -0.491 e. The van der Waals surface area contributed by atoms with Crippen molar-refractivity contribution in [3.63, 3.8) is 0 Å². The Balaban J connectivity index is 2.20. The fraction of sp³-hybridized carbons (Fsp3) is 0.625. The first-order valence-electron chi connectivity index (χ1n) is 7.29. The molecule has 1 aliphatic heterocycles. The van der Waals surface area contributed by atoms with Gasteiger partial charge in [0.25, 0.3) is 0 Å². The van der Waals surface area contributed by atoms with Gasteiger partial charge < -0.3 is 14.4 Å². The van der Waals surface area contributed by atoms with Crippen molar-refractivity contribution >= 4 is 5.69 Å². The molecule has 3 heteroatoms. The van der Waals surface area contributed by atoms with Crippen molar-refractivity contribution in [3.05, 3.63) is 23.3 Å². The van der Waals surface area contributed by atoms with Crippen molar-refractivity contribution < 1.29 is 9.47 Å². The second kappa shape index (κ2) is 6.80. The van der Waals surface area contributed by atoms with E-state index in [-0.39, 0.29) is 0 Å². The van der Waals surface area contributed by atoms with Crippen molar-refractivity contribution in [2.24, 2.45) is 0 Å². The highest BCUT2D eigenvalue weighted by atomic mass is 16.5. The van der Waals surface area contributed by atoms with E-state index in [1.165, 1.54) is 16.8 Å². The summed E-state index contributed by atoms with van der Waals surface area (Å²) in [6, 6.07) is 4.43. The third-order valence-corrected chi connectivity index (χ3v) is 3.68. The molecular weight excluding hydrogens is 238 g/mol. The average Bonchev–Trinajstić information content (AvgIpc) is 2.43. The summed E-state index contributed by atoms with van der Waals surface area (Å²) in [4.78, 5) is 2.37. The van der Waals surface area contributed by atoms with Gasteiger partial charge in [-0.05, 0) is 43.5 Å². The maximum atomic E-state index is 5.98. The zero-order valence-electron chi connectivity index (χ0n) is 12.4. The van der Waals surface area contributed by atoms with Gasteiger partial charge in [0.05, 0.1) is 25.5 Å². The van der Waals surface area contributed by atoms with E-state index in [2.05, 4.69) is 37.8 Å². The van der Waals surface area contributed by atoms with Gasteiger partial charge in [-0.2, -0.15) is 0 Å². The highest BCUT2D eigenvalue weighted by Gasteiger charge is 2.16. The minimum absolute atomic E-state index is 0.802. The highest BCUT2D eigenvalue weighted by molar-refractivity contribution is 5.62. The zero-order chi connectivity index (χ0) is 13.7. The predicted octanol–water partition coefficient (Wildman–Crippen LogP) is 3.32. The number of hydrogen-bond acceptors (Lipinski definition) is 3. The summed E-state index contributed by atoms with van der Waals surface area (Å²) in [5.74, 6) is 1.03. The summed E-state index contributed by atoms with van der Waals surface area (Å²) in [7, 11) is 0. The highest BCUT2D eigenvalue weighted by Crippen LogP contribution is 2.32. The number of aryl methyl sites for hydroxylation is 2. The lowest BCUT2D eigenvalue weighted by molar-refractivity contribution is 0.122. The molecule has 1 heterocycles. The van der Waals surface area contributed by atoms with Crippen LogP contribution >= 0.6 is 0 Å². The van der Waals surface area contributed by atoms with Crippen LogP contribution in [0.25, 0.3) is 0 Å². The molecule has 3 nitrogen and oxygen atoms in total. The lowest BCUT2D eigenvalue weighted by Crippen LogP contribution is -2.36. The molecule has 0 spiro atoms. The van der Waals surface area contributed by atoms with Crippen LogP contribution in [-0.4, -0.2) is 32.9 Å². The quantitative estimate of drug-likeness (QED) is 0.761. The number of hydrogen-bond donors (Lipinski definition) is 0. The summed E-state index contributed by atoms with van der Waals surface area (Å²) < 4.78 is 11.4. The van der Waals surface area contributed by atoms with Crippen LogP contribution in [-0.2, 0) is 4.74 Å². The van der Waals surface area contributed by atoms with E-state index < -0.39 is 0 Å². The number of anilines is 1. The van der Waals surface area contributed by atoms with E-state index in [0.717, 1.165) is 51.5 Å². The molecule has 1 saturated heterocycles. The molecule has 0 amide bonds. The molecule has 19 heavy (non-hydrogen) atoms. The normalized spacial score (nSPS) is 15.6. The van der Waals surface area contributed by atoms with Crippen LogP contribution in [0.4, 0.5) is 5.69 Å². The molecule has 0 aromatic heterocycles. The number of nitrogens with zero attached hydrogens (tertiary/aromatic N) is 1. The van der Waals surface area contributed by atoms with Crippen molar-refractivity contribution in [1.29, 1.82) is 0 Å². The Morgan fingerprint density at radius 2 is 1.84 bits per heavy atom. The molecule has 1 aliphatic rings. The summed E-state index contributed by atoms with van der Waals surface area (Å²) in [5, 5.41) is 0. The smallest absolute Gasteiger partial charge is 0.142 e. The monoisotopic (exact) mass is 263 g/mol. The maximum Gasteiger partial charge on any atom is 0.142 e. The number of unbranched alkanes of at least 4 members (excludes halogenated alkanes) is 1. The summed E-state index contributed by atoms with van der Waals surface area (Å²) in [6.45, 7) is 10.8. The van der Waals surface area contributed by atoms with Crippen LogP contribution in [0.2, 0.25) is 0 Å². The van der Waals surface area contributed by atoms with Crippen molar-refractivity contribution in [1.82, 2.24) is 0 Å². The van der Waals surface area contributed by atoms with E-state index in [1.54, 1.807) is 0 Å². The molecule has 0 atom stereocenters. The molecule has 0 bridgehead atoms. The average molecular weight is 263 g/mol. The SMILES string of the molecule is CCCCOc1cc(C)c(C)cc1N1CCOCC1. The van der Waals surface area contributed by atoms with E-state index in [1.807, 2.05) is 0 Å². The van der Waals surface area contributed by atoms with Gasteiger partial charge in [-0.15, -0.1) is 0 Å². The van der Waals surface area contributed by atoms with Crippen molar-refractivity contribution in [3.8, 4) is 5.75 Å². The molecule has 0 N–H and O–H groups in total. The van der Waals surface area contributed by atoms with Gasteiger partial charge in [0.1, 0.15) is 5.75 Å². The topological polar surface area (TPSA) is 21.7 Å². The van der Waals surface area contributed by atoms with E-state index in [9.17, 15) is 0 Å². The summed E-state index contributed by atoms with van der Waals surface area (Å²) >= 11 is 0. The Hall–Kier alpha value is -1.22. The molecule has 1 fully saturated rings. The molecule has 0 unspecified atom stereocenters. The van der Waals surface area contributed by atoms with Crippen LogP contribution in [0.1, 0.15) is 30.9 Å². The molecule has 0 aliphatic carbocycles. The number of ether oxygens (including phenoxy) is 2. The van der Waals surface area contributed by atoms with Gasteiger partial charge in [0.2, 0.25) is 0 Å². The molecule has 106 valence electrons. The summed E-state index contributed by atoms with van der Waals surface area (Å²) in [5.41, 5.74) is 3.84. The number of benzene rings is 1. The third-order valence-electron chi connectivity index (χ3n) is 3.68. The Bertz CT molecular complexity index is 411. The van der Waals surface area contributed by atoms with Crippen LogP contribution in [0.5, 0.6) is 5.75 Å². The Morgan fingerprint density at radius 1 is 1.16 bits per heavy atom. The van der Waals surface area contributed by atoms with Crippen LogP contribution in [0.15, 0.2) is 12.1 Å². The first kappa shape index (κ1) is 14.2. The lowest BCUT2D eigenvalue weighted by atomic mass is 10.1. The molecule has 2 rings (SSSR count). The van der Waals surface area contributed by atoms with Crippen LogP contribution < -0.4 is 9.64 Å². The van der Waals surface area contributed by atoms with Gasteiger partial charge in [-0.25, -0.2) is 0 Å². The standard InChI is InChI=1S/C16H25NO2/c1-4-5-8-19-16-12-14(3)13(2)11-15(16)17-6-9-18-10-7-17/h11-12H,4-10H2,1-3H3. The molecule has 0 radical (unpaired) electrons. The van der Waals surface area contributed by atoms with Crippen LogP contribution in [0, 0.1) is 13.8 Å². The van der Waals surface area contributed by atoms with Crippen LogP contribution in [0.3, 0.4) is 0 Å². The molecule has 1 aromatic carbocycles. The van der Waals surface area contributed by atoms with Gasteiger partial charge in [0.15, 0.2) is 0 Å². The van der Waals surface area contributed by atoms with Gasteiger partial charge in [0, 0.05) is 13.1 Å². The van der Waals surface area contributed by atoms with Crippen molar-refractivity contribution in [2.75, 3.05) is 37.8 Å². The third kappa shape index (κ3) is 3.63. The Kier molecular flexibility index (Phi) is 5.08. The first-order chi connectivity index (χ1) is 9.22. The summed E-state index contributed by atoms with van der Waals surface area (Å²) in [6.07, 6.45) is 2.27. The predicted molar refractivity (Wildman–Crippen MR) is 79.4 cm³/mol. The van der Waals surface area contributed by atoms with Gasteiger partial charge in [-0.1, -0.05) is 13.3 Å². The first-order valence-corrected chi connectivity index (χ1v) is 7.29. The maximum absolute atomic E-state index is 5.98. The Labute approximate surface area is 116 Å². The Morgan fingerprint density at radius 3 is 2.53 bits per heavy atom. The van der Waals surface area contributed by atoms with E-state index >= 15 is 0 Å². The fourth-order valence-electron chi connectivity index (χ4n) is 2.27. The molecular formula is C16H25NO2. The lowest BCUT2D eigenvalue weighted by Gasteiger charge is -2.31. The number of morpholine rings is 1. The van der Waals surface area contributed by atoms with E-state index in [4.69, 9.17) is 9.47 Å². The fourth-order valence-corrected chi connectivity index (χ4v) is 2.27. The largest absolute Gasteiger partial charge is 0.491 e. The second-order valence-electron chi connectivity index (χ2n) is 5.21. The number of rotatable bonds is 5. The van der Waals surface area contributed by atoms with Crippen molar-refractivity contribution in [2.45, 2.75) is 33.6 Å². The van der Waals surface area contributed by atoms with Gasteiger partial charge >= 0.3 is 0 Å². The van der Waals surface area contributed by atoms with E-state index in [0.29, 0.717) is 0 Å².